The lowest BCUT2D eigenvalue weighted by Crippen LogP contribution is -2.17. The summed E-state index contributed by atoms with van der Waals surface area (Å²) in [7, 11) is 0. The molecule has 4 heteroatoms. The van der Waals surface area contributed by atoms with E-state index in [1.54, 1.807) is 0 Å². The van der Waals surface area contributed by atoms with E-state index in [4.69, 9.17) is 10.5 Å². The molecule has 1 aromatic heterocycles. The predicted molar refractivity (Wildman–Crippen MR) is 54.7 cm³/mol. The molecule has 2 heterocycles. The van der Waals surface area contributed by atoms with E-state index in [-0.39, 0.29) is 12.4 Å². The highest BCUT2D eigenvalue weighted by molar-refractivity contribution is 7.16. The van der Waals surface area contributed by atoms with Crippen molar-refractivity contribution in [2.45, 2.75) is 25.4 Å². The molecule has 1 fully saturated rings. The number of ether oxygens (including phenoxy) is 1. The molecule has 2 aliphatic rings. The van der Waals surface area contributed by atoms with E-state index < -0.39 is 0 Å². The third-order valence-electron chi connectivity index (χ3n) is 2.78. The molecule has 3 rings (SSSR count). The number of ketones is 1. The second-order valence-electron chi connectivity index (χ2n) is 3.87. The Morgan fingerprint density at radius 2 is 2.14 bits per heavy atom. The van der Waals surface area contributed by atoms with Crippen molar-refractivity contribution >= 4 is 22.1 Å². The quantitative estimate of drug-likeness (QED) is 0.768. The third-order valence-corrected chi connectivity index (χ3v) is 3.79. The summed E-state index contributed by atoms with van der Waals surface area (Å²) in [6.45, 7) is 0.783. The van der Waals surface area contributed by atoms with E-state index >= 15 is 0 Å². The summed E-state index contributed by atoms with van der Waals surface area (Å²) >= 11 is 1.52. The first-order chi connectivity index (χ1) is 6.77. The van der Waals surface area contributed by atoms with Crippen molar-refractivity contribution in [2.24, 2.45) is 0 Å². The number of hydrogen-bond acceptors (Lipinski definition) is 4. The Balaban J connectivity index is 2.17. The zero-order chi connectivity index (χ0) is 9.71. The Bertz CT molecular complexity index is 406. The van der Waals surface area contributed by atoms with Gasteiger partial charge in [0, 0.05) is 16.0 Å². The van der Waals surface area contributed by atoms with Crippen LogP contribution in [0.5, 0.6) is 0 Å². The first-order valence-electron chi connectivity index (χ1n) is 4.79. The van der Waals surface area contributed by atoms with Gasteiger partial charge in [0.05, 0.1) is 11.6 Å². The summed E-state index contributed by atoms with van der Waals surface area (Å²) < 4.78 is 5.18. The lowest BCUT2D eigenvalue weighted by Gasteiger charge is -2.12. The Labute approximate surface area is 85.9 Å². The van der Waals surface area contributed by atoms with Crippen molar-refractivity contribution < 1.29 is 9.53 Å². The molecular formula is C10H11NO2S. The highest BCUT2D eigenvalue weighted by atomic mass is 32.1. The lowest BCUT2D eigenvalue weighted by molar-refractivity contribution is 0.0673. The van der Waals surface area contributed by atoms with E-state index in [1.807, 2.05) is 0 Å². The second kappa shape index (κ2) is 2.81. The summed E-state index contributed by atoms with van der Waals surface area (Å²) in [6, 6.07) is 0. The fourth-order valence-electron chi connectivity index (χ4n) is 2.01. The molecule has 14 heavy (non-hydrogen) atoms. The number of carbonyl (C=O) groups is 1. The maximum atomic E-state index is 11.7. The van der Waals surface area contributed by atoms with Gasteiger partial charge in [-0.15, -0.1) is 11.3 Å². The van der Waals surface area contributed by atoms with Crippen LogP contribution in [0, 0.1) is 0 Å². The number of anilines is 1. The molecule has 1 aliphatic carbocycles. The van der Waals surface area contributed by atoms with Gasteiger partial charge in [0.15, 0.2) is 5.78 Å². The number of rotatable bonds is 1. The van der Waals surface area contributed by atoms with Gasteiger partial charge in [0.1, 0.15) is 6.61 Å². The predicted octanol–water partition coefficient (Wildman–Crippen LogP) is 1.92. The maximum absolute atomic E-state index is 11.7. The van der Waals surface area contributed by atoms with Crippen molar-refractivity contribution in [3.05, 3.63) is 16.0 Å². The van der Waals surface area contributed by atoms with Crippen LogP contribution in [0.3, 0.4) is 0 Å². The molecular weight excluding hydrogens is 198 g/mol. The van der Waals surface area contributed by atoms with Gasteiger partial charge in [-0.3, -0.25) is 4.79 Å². The maximum Gasteiger partial charge on any atom is 0.190 e. The molecule has 0 radical (unpaired) electrons. The van der Waals surface area contributed by atoms with Crippen LogP contribution in [0.15, 0.2) is 0 Å². The van der Waals surface area contributed by atoms with Crippen LogP contribution < -0.4 is 5.73 Å². The van der Waals surface area contributed by atoms with Gasteiger partial charge >= 0.3 is 0 Å². The number of Topliss-reactive ketones (excluding diaryl/α,β-unsaturated/α-hetero) is 1. The first kappa shape index (κ1) is 8.44. The molecule has 2 N–H and O–H groups in total. The monoisotopic (exact) mass is 209 g/mol. The fourth-order valence-corrected chi connectivity index (χ4v) is 3.12. The topological polar surface area (TPSA) is 52.3 Å². The minimum atomic E-state index is 0.112. The zero-order valence-electron chi connectivity index (χ0n) is 7.71. The molecule has 0 saturated heterocycles. The molecule has 0 amide bonds. The average molecular weight is 209 g/mol. The molecule has 74 valence electrons. The molecule has 0 bridgehead atoms. The van der Waals surface area contributed by atoms with Crippen LogP contribution in [0.4, 0.5) is 5.00 Å². The van der Waals surface area contributed by atoms with Crippen LogP contribution in [0.2, 0.25) is 0 Å². The van der Waals surface area contributed by atoms with Crippen molar-refractivity contribution in [2.75, 3.05) is 12.3 Å². The van der Waals surface area contributed by atoms with Crippen LogP contribution in [-0.4, -0.2) is 12.4 Å². The van der Waals surface area contributed by atoms with Crippen molar-refractivity contribution in [3.8, 4) is 0 Å². The number of thiophene rings is 1. The van der Waals surface area contributed by atoms with Gasteiger partial charge in [-0.1, -0.05) is 0 Å². The second-order valence-corrected chi connectivity index (χ2v) is 5.01. The number of hydrogen-bond donors (Lipinski definition) is 1. The van der Waals surface area contributed by atoms with Crippen molar-refractivity contribution in [1.82, 2.24) is 0 Å². The van der Waals surface area contributed by atoms with Gasteiger partial charge in [0.2, 0.25) is 0 Å². The van der Waals surface area contributed by atoms with E-state index in [0.29, 0.717) is 12.5 Å². The number of fused-ring (bicyclic) bond motifs is 1. The molecule has 0 spiro atoms. The molecule has 1 aliphatic heterocycles. The molecule has 0 atom stereocenters. The van der Waals surface area contributed by atoms with Crippen LogP contribution in [0.1, 0.15) is 39.6 Å². The summed E-state index contributed by atoms with van der Waals surface area (Å²) in [4.78, 5) is 12.7. The van der Waals surface area contributed by atoms with E-state index in [2.05, 4.69) is 0 Å². The lowest BCUT2D eigenvalue weighted by atomic mass is 10.0. The van der Waals surface area contributed by atoms with Gasteiger partial charge in [0.25, 0.3) is 0 Å². The third kappa shape index (κ3) is 1.11. The molecule has 1 saturated carbocycles. The molecule has 0 unspecified atom stereocenters. The normalized spacial score (nSPS) is 21.0. The van der Waals surface area contributed by atoms with Crippen LogP contribution in [0.25, 0.3) is 0 Å². The number of nitrogen functional groups attached to an aromatic ring is 1. The molecule has 3 nitrogen and oxygen atoms in total. The summed E-state index contributed by atoms with van der Waals surface area (Å²) in [5.41, 5.74) is 7.95. The van der Waals surface area contributed by atoms with Gasteiger partial charge in [-0.25, -0.2) is 0 Å². The first-order valence-corrected chi connectivity index (χ1v) is 5.61. The highest BCUT2D eigenvalue weighted by Crippen LogP contribution is 2.49. The molecule has 1 aromatic rings. The summed E-state index contributed by atoms with van der Waals surface area (Å²) in [6.07, 6.45) is 2.36. The fraction of sp³-hybridized carbons (Fsp3) is 0.500. The Hall–Kier alpha value is -0.870. The van der Waals surface area contributed by atoms with E-state index in [9.17, 15) is 4.79 Å². The Morgan fingerprint density at radius 3 is 2.86 bits per heavy atom. The van der Waals surface area contributed by atoms with Crippen molar-refractivity contribution in [1.29, 1.82) is 0 Å². The smallest absolute Gasteiger partial charge is 0.190 e. The van der Waals surface area contributed by atoms with Crippen LogP contribution in [-0.2, 0) is 11.3 Å². The van der Waals surface area contributed by atoms with E-state index in [0.717, 1.165) is 21.0 Å². The standard InChI is InChI=1S/C10H11NO2S/c11-10-8(5-1-2-5)9-6(12)3-13-4-7(9)14-10/h5H,1-4,11H2. The van der Waals surface area contributed by atoms with Gasteiger partial charge < -0.3 is 10.5 Å². The SMILES string of the molecule is Nc1sc2c(c1C1CC1)C(=O)COC2. The van der Waals surface area contributed by atoms with Gasteiger partial charge in [-0.2, -0.15) is 0 Å². The Morgan fingerprint density at radius 1 is 1.36 bits per heavy atom. The number of carbonyl (C=O) groups excluding carboxylic acids is 1. The Kier molecular flexibility index (Phi) is 1.69. The van der Waals surface area contributed by atoms with E-state index in [1.165, 1.54) is 24.2 Å². The zero-order valence-corrected chi connectivity index (χ0v) is 8.52. The van der Waals surface area contributed by atoms with Crippen molar-refractivity contribution in [3.63, 3.8) is 0 Å². The largest absolute Gasteiger partial charge is 0.390 e. The summed E-state index contributed by atoms with van der Waals surface area (Å²) in [5, 5.41) is 0.830. The van der Waals surface area contributed by atoms with Gasteiger partial charge in [-0.05, 0) is 18.8 Å². The minimum absolute atomic E-state index is 0.112. The highest BCUT2D eigenvalue weighted by Gasteiger charge is 2.35. The molecule has 0 aromatic carbocycles. The van der Waals surface area contributed by atoms with Crippen LogP contribution >= 0.6 is 11.3 Å². The summed E-state index contributed by atoms with van der Waals surface area (Å²) in [5.74, 6) is 0.665. The average Bonchev–Trinajstić information content (AvgIpc) is 2.90. The number of nitrogens with two attached hydrogens (primary N) is 1. The minimum Gasteiger partial charge on any atom is -0.390 e.